The molecule has 1 aromatic rings. The molecule has 1 saturated heterocycles. The standard InChI is InChI=1S/C15H23N3O/c1-13-6-4-5-7-14(13)17-8-10-18(11-9-17)15(19)12-16(2)3/h4-7H,8-12H2,1-3H3. The van der Waals surface area contributed by atoms with Crippen LogP contribution in [0, 0.1) is 6.92 Å². The highest BCUT2D eigenvalue weighted by atomic mass is 16.2. The average Bonchev–Trinajstić information content (AvgIpc) is 2.39. The number of para-hydroxylation sites is 1. The minimum atomic E-state index is 0.231. The molecule has 0 atom stereocenters. The number of anilines is 1. The summed E-state index contributed by atoms with van der Waals surface area (Å²) in [7, 11) is 3.86. The summed E-state index contributed by atoms with van der Waals surface area (Å²) >= 11 is 0. The number of likely N-dealkylation sites (N-methyl/N-ethyl adjacent to an activating group) is 1. The van der Waals surface area contributed by atoms with E-state index in [1.54, 1.807) is 0 Å². The quantitative estimate of drug-likeness (QED) is 0.818. The molecule has 1 aliphatic rings. The predicted octanol–water partition coefficient (Wildman–Crippen LogP) is 1.21. The molecule has 1 aliphatic heterocycles. The normalized spacial score (nSPS) is 16.0. The summed E-state index contributed by atoms with van der Waals surface area (Å²) in [5.41, 5.74) is 2.60. The molecule has 1 heterocycles. The van der Waals surface area contributed by atoms with Crippen LogP contribution in [-0.4, -0.2) is 62.5 Å². The van der Waals surface area contributed by atoms with Crippen molar-refractivity contribution in [1.82, 2.24) is 9.80 Å². The maximum Gasteiger partial charge on any atom is 0.236 e. The lowest BCUT2D eigenvalue weighted by Crippen LogP contribution is -2.50. The Morgan fingerprint density at radius 1 is 1.16 bits per heavy atom. The van der Waals surface area contributed by atoms with Crippen molar-refractivity contribution < 1.29 is 4.79 Å². The number of aryl methyl sites for hydroxylation is 1. The fourth-order valence-electron chi connectivity index (χ4n) is 2.49. The van der Waals surface area contributed by atoms with E-state index < -0.39 is 0 Å². The van der Waals surface area contributed by atoms with Crippen molar-refractivity contribution in [3.05, 3.63) is 29.8 Å². The third kappa shape index (κ3) is 3.47. The molecule has 2 rings (SSSR count). The number of carbonyl (C=O) groups excluding carboxylic acids is 1. The van der Waals surface area contributed by atoms with E-state index in [1.807, 2.05) is 23.9 Å². The van der Waals surface area contributed by atoms with Crippen LogP contribution in [0.2, 0.25) is 0 Å². The van der Waals surface area contributed by atoms with Crippen LogP contribution in [0.3, 0.4) is 0 Å². The van der Waals surface area contributed by atoms with Crippen molar-refractivity contribution in [2.24, 2.45) is 0 Å². The third-order valence-corrected chi connectivity index (χ3v) is 3.54. The van der Waals surface area contributed by atoms with Crippen molar-refractivity contribution in [2.75, 3.05) is 51.7 Å². The van der Waals surface area contributed by atoms with Gasteiger partial charge in [0.2, 0.25) is 5.91 Å². The Hall–Kier alpha value is -1.55. The Labute approximate surface area is 115 Å². The summed E-state index contributed by atoms with van der Waals surface area (Å²) in [4.78, 5) is 18.2. The van der Waals surface area contributed by atoms with Crippen molar-refractivity contribution in [1.29, 1.82) is 0 Å². The molecule has 1 aromatic carbocycles. The lowest BCUT2D eigenvalue weighted by atomic mass is 10.1. The summed E-state index contributed by atoms with van der Waals surface area (Å²) in [6.45, 7) is 6.12. The second-order valence-corrected chi connectivity index (χ2v) is 5.39. The van der Waals surface area contributed by atoms with Gasteiger partial charge in [-0.15, -0.1) is 0 Å². The van der Waals surface area contributed by atoms with E-state index >= 15 is 0 Å². The summed E-state index contributed by atoms with van der Waals surface area (Å²) in [5, 5.41) is 0. The first-order valence-electron chi connectivity index (χ1n) is 6.81. The Kier molecular flexibility index (Phi) is 4.43. The van der Waals surface area contributed by atoms with Crippen LogP contribution in [-0.2, 0) is 4.79 Å². The highest BCUT2D eigenvalue weighted by molar-refractivity contribution is 5.78. The Morgan fingerprint density at radius 3 is 2.37 bits per heavy atom. The number of amides is 1. The first-order valence-corrected chi connectivity index (χ1v) is 6.81. The van der Waals surface area contributed by atoms with Gasteiger partial charge in [-0.1, -0.05) is 18.2 Å². The van der Waals surface area contributed by atoms with Gasteiger partial charge in [-0.25, -0.2) is 0 Å². The van der Waals surface area contributed by atoms with Crippen LogP contribution in [0.1, 0.15) is 5.56 Å². The molecule has 4 heteroatoms. The summed E-state index contributed by atoms with van der Waals surface area (Å²) in [6.07, 6.45) is 0. The SMILES string of the molecule is Cc1ccccc1N1CCN(C(=O)CN(C)C)CC1. The van der Waals surface area contributed by atoms with E-state index in [2.05, 4.69) is 36.1 Å². The highest BCUT2D eigenvalue weighted by Crippen LogP contribution is 2.20. The van der Waals surface area contributed by atoms with E-state index in [4.69, 9.17) is 0 Å². The molecule has 0 saturated carbocycles. The van der Waals surface area contributed by atoms with E-state index in [-0.39, 0.29) is 5.91 Å². The van der Waals surface area contributed by atoms with E-state index in [9.17, 15) is 4.79 Å². The monoisotopic (exact) mass is 261 g/mol. The highest BCUT2D eigenvalue weighted by Gasteiger charge is 2.21. The van der Waals surface area contributed by atoms with Crippen LogP contribution >= 0.6 is 0 Å². The number of carbonyl (C=O) groups is 1. The number of piperazine rings is 1. The Morgan fingerprint density at radius 2 is 1.79 bits per heavy atom. The van der Waals surface area contributed by atoms with Crippen molar-refractivity contribution in [3.8, 4) is 0 Å². The first kappa shape index (κ1) is 13.9. The van der Waals surface area contributed by atoms with Crippen LogP contribution < -0.4 is 4.90 Å². The molecule has 0 spiro atoms. The molecule has 0 bridgehead atoms. The van der Waals surface area contributed by atoms with Crippen LogP contribution in [0.5, 0.6) is 0 Å². The van der Waals surface area contributed by atoms with E-state index in [1.165, 1.54) is 11.3 Å². The van der Waals surface area contributed by atoms with Crippen molar-refractivity contribution >= 4 is 11.6 Å². The van der Waals surface area contributed by atoms with Crippen LogP contribution in [0.25, 0.3) is 0 Å². The zero-order chi connectivity index (χ0) is 13.8. The molecular weight excluding hydrogens is 238 g/mol. The van der Waals surface area contributed by atoms with Crippen molar-refractivity contribution in [3.63, 3.8) is 0 Å². The molecule has 0 radical (unpaired) electrons. The summed E-state index contributed by atoms with van der Waals surface area (Å²) < 4.78 is 0. The number of benzene rings is 1. The lowest BCUT2D eigenvalue weighted by molar-refractivity contribution is -0.132. The third-order valence-electron chi connectivity index (χ3n) is 3.54. The fourth-order valence-corrected chi connectivity index (χ4v) is 2.49. The van der Waals surface area contributed by atoms with Gasteiger partial charge in [-0.3, -0.25) is 4.79 Å². The zero-order valence-corrected chi connectivity index (χ0v) is 12.1. The molecule has 1 amide bonds. The second-order valence-electron chi connectivity index (χ2n) is 5.39. The summed E-state index contributed by atoms with van der Waals surface area (Å²) in [6, 6.07) is 8.44. The minimum absolute atomic E-state index is 0.231. The number of hydrogen-bond donors (Lipinski definition) is 0. The molecule has 0 aliphatic carbocycles. The molecule has 4 nitrogen and oxygen atoms in total. The maximum absolute atomic E-state index is 12.0. The zero-order valence-electron chi connectivity index (χ0n) is 12.1. The maximum atomic E-state index is 12.0. The molecule has 1 fully saturated rings. The van der Waals surface area contributed by atoms with Crippen LogP contribution in [0.4, 0.5) is 5.69 Å². The van der Waals surface area contributed by atoms with Gasteiger partial charge < -0.3 is 14.7 Å². The molecule has 0 unspecified atom stereocenters. The molecule has 0 aromatic heterocycles. The van der Waals surface area contributed by atoms with Gasteiger partial charge in [0.15, 0.2) is 0 Å². The average molecular weight is 261 g/mol. The molecule has 19 heavy (non-hydrogen) atoms. The van der Waals surface area contributed by atoms with Gasteiger partial charge in [0.25, 0.3) is 0 Å². The van der Waals surface area contributed by atoms with Gasteiger partial charge >= 0.3 is 0 Å². The van der Waals surface area contributed by atoms with Gasteiger partial charge in [-0.2, -0.15) is 0 Å². The Balaban J connectivity index is 1.93. The minimum Gasteiger partial charge on any atom is -0.368 e. The van der Waals surface area contributed by atoms with Crippen molar-refractivity contribution in [2.45, 2.75) is 6.92 Å². The smallest absolute Gasteiger partial charge is 0.236 e. The van der Waals surface area contributed by atoms with Gasteiger partial charge in [0.1, 0.15) is 0 Å². The lowest BCUT2D eigenvalue weighted by Gasteiger charge is -2.37. The predicted molar refractivity (Wildman–Crippen MR) is 78.5 cm³/mol. The van der Waals surface area contributed by atoms with E-state index in [0.717, 1.165) is 26.2 Å². The van der Waals surface area contributed by atoms with Gasteiger partial charge in [-0.05, 0) is 32.6 Å². The fraction of sp³-hybridized carbons (Fsp3) is 0.533. The summed E-state index contributed by atoms with van der Waals surface area (Å²) in [5.74, 6) is 0.231. The Bertz CT molecular complexity index is 437. The molecule has 0 N–H and O–H groups in total. The van der Waals surface area contributed by atoms with E-state index in [0.29, 0.717) is 6.54 Å². The largest absolute Gasteiger partial charge is 0.368 e. The van der Waals surface area contributed by atoms with Crippen LogP contribution in [0.15, 0.2) is 24.3 Å². The number of rotatable bonds is 3. The first-order chi connectivity index (χ1) is 9.08. The number of hydrogen-bond acceptors (Lipinski definition) is 3. The van der Waals surface area contributed by atoms with Gasteiger partial charge in [0, 0.05) is 31.9 Å². The molecule has 104 valence electrons. The molecular formula is C15H23N3O. The van der Waals surface area contributed by atoms with Gasteiger partial charge in [0.05, 0.1) is 6.54 Å². The topological polar surface area (TPSA) is 26.8 Å². The number of nitrogens with zero attached hydrogens (tertiary/aromatic N) is 3. The second kappa shape index (κ2) is 6.06.